The molecule has 4 heteroatoms. The molecule has 0 radical (unpaired) electrons. The number of aromatic nitrogens is 1. The first-order valence-corrected chi connectivity index (χ1v) is 6.72. The topological polar surface area (TPSA) is 30.9 Å². The van der Waals surface area contributed by atoms with Gasteiger partial charge in [-0.3, -0.25) is 0 Å². The van der Waals surface area contributed by atoms with Crippen molar-refractivity contribution in [2.24, 2.45) is 0 Å². The Labute approximate surface area is 118 Å². The summed E-state index contributed by atoms with van der Waals surface area (Å²) in [4.78, 5) is 0. The van der Waals surface area contributed by atoms with E-state index in [1.165, 1.54) is 6.07 Å². The van der Waals surface area contributed by atoms with Crippen molar-refractivity contribution in [2.45, 2.75) is 6.54 Å². The predicted molar refractivity (Wildman–Crippen MR) is 79.6 cm³/mol. The Kier molecular flexibility index (Phi) is 3.03. The molecule has 0 amide bonds. The number of hydrogen-bond acceptors (Lipinski definition) is 1. The van der Waals surface area contributed by atoms with Gasteiger partial charge in [-0.1, -0.05) is 24.3 Å². The Morgan fingerprint density at radius 2 is 1.95 bits per heavy atom. The molecule has 96 valence electrons. The molecule has 2 aromatic carbocycles. The first-order chi connectivity index (χ1) is 9.15. The molecule has 3 rings (SSSR count). The third kappa shape index (κ3) is 2.24. The first-order valence-electron chi connectivity index (χ1n) is 5.92. The Bertz CT molecular complexity index is 749. The van der Waals surface area contributed by atoms with Gasteiger partial charge in [0.1, 0.15) is 5.82 Å². The summed E-state index contributed by atoms with van der Waals surface area (Å²) in [6.45, 7) is 0.614. The summed E-state index contributed by atoms with van der Waals surface area (Å²) in [5, 5.41) is 1.15. The van der Waals surface area contributed by atoms with Gasteiger partial charge in [0, 0.05) is 28.1 Å². The second kappa shape index (κ2) is 4.70. The van der Waals surface area contributed by atoms with E-state index < -0.39 is 0 Å². The SMILES string of the molecule is Nc1ccc(Cn2cc(Br)c3ccccc32)cc1F. The Morgan fingerprint density at radius 3 is 2.74 bits per heavy atom. The van der Waals surface area contributed by atoms with E-state index in [9.17, 15) is 4.39 Å². The van der Waals surface area contributed by atoms with Gasteiger partial charge in [-0.05, 0) is 39.7 Å². The summed E-state index contributed by atoms with van der Waals surface area (Å²) in [7, 11) is 0. The monoisotopic (exact) mass is 318 g/mol. The quantitative estimate of drug-likeness (QED) is 0.706. The molecule has 19 heavy (non-hydrogen) atoms. The third-order valence-corrected chi connectivity index (χ3v) is 3.79. The zero-order chi connectivity index (χ0) is 13.4. The number of anilines is 1. The number of hydrogen-bond donors (Lipinski definition) is 1. The van der Waals surface area contributed by atoms with Crippen molar-refractivity contribution in [2.75, 3.05) is 5.73 Å². The van der Waals surface area contributed by atoms with Crippen LogP contribution in [0.4, 0.5) is 10.1 Å². The number of nitrogen functional groups attached to an aromatic ring is 1. The third-order valence-electron chi connectivity index (χ3n) is 3.16. The van der Waals surface area contributed by atoms with Gasteiger partial charge in [-0.15, -0.1) is 0 Å². The van der Waals surface area contributed by atoms with Crippen LogP contribution in [0.25, 0.3) is 10.9 Å². The highest BCUT2D eigenvalue weighted by Crippen LogP contribution is 2.26. The smallest absolute Gasteiger partial charge is 0.146 e. The molecule has 0 fully saturated rings. The molecule has 0 saturated carbocycles. The summed E-state index contributed by atoms with van der Waals surface area (Å²) >= 11 is 3.54. The van der Waals surface area contributed by atoms with Gasteiger partial charge in [0.05, 0.1) is 5.69 Å². The van der Waals surface area contributed by atoms with Crippen LogP contribution in [0.15, 0.2) is 53.1 Å². The summed E-state index contributed by atoms with van der Waals surface area (Å²) < 4.78 is 16.6. The number of nitrogens with two attached hydrogens (primary N) is 1. The molecule has 0 aliphatic carbocycles. The molecular weight excluding hydrogens is 307 g/mol. The fourth-order valence-corrected chi connectivity index (χ4v) is 2.78. The maximum absolute atomic E-state index is 13.5. The summed E-state index contributed by atoms with van der Waals surface area (Å²) in [6, 6.07) is 13.0. The second-order valence-corrected chi connectivity index (χ2v) is 5.33. The molecule has 0 unspecified atom stereocenters. The summed E-state index contributed by atoms with van der Waals surface area (Å²) in [5.74, 6) is -0.368. The van der Waals surface area contributed by atoms with Crippen LogP contribution in [0.3, 0.4) is 0 Å². The normalized spacial score (nSPS) is 11.1. The highest BCUT2D eigenvalue weighted by Gasteiger charge is 2.07. The second-order valence-electron chi connectivity index (χ2n) is 4.48. The van der Waals surface area contributed by atoms with Crippen molar-refractivity contribution in [3.8, 4) is 0 Å². The Morgan fingerprint density at radius 1 is 1.16 bits per heavy atom. The molecule has 1 aromatic heterocycles. The maximum Gasteiger partial charge on any atom is 0.146 e. The van der Waals surface area contributed by atoms with E-state index in [0.29, 0.717) is 6.54 Å². The molecule has 2 N–H and O–H groups in total. The van der Waals surface area contributed by atoms with Crippen molar-refractivity contribution < 1.29 is 4.39 Å². The van der Waals surface area contributed by atoms with E-state index in [4.69, 9.17) is 5.73 Å². The number of benzene rings is 2. The van der Waals surface area contributed by atoms with Crippen LogP contribution in [0.5, 0.6) is 0 Å². The molecular formula is C15H12BrFN2. The minimum Gasteiger partial charge on any atom is -0.396 e. The summed E-state index contributed by atoms with van der Waals surface area (Å²) in [5.41, 5.74) is 7.68. The number of halogens is 2. The van der Waals surface area contributed by atoms with Crippen LogP contribution in [0.1, 0.15) is 5.56 Å². The van der Waals surface area contributed by atoms with Gasteiger partial charge in [0.25, 0.3) is 0 Å². The van der Waals surface area contributed by atoms with Crippen molar-refractivity contribution in [3.05, 3.63) is 64.5 Å². The standard InChI is InChI=1S/C15H12BrFN2/c16-12-9-19(15-4-2-1-3-11(12)15)8-10-5-6-14(18)13(17)7-10/h1-7,9H,8,18H2. The lowest BCUT2D eigenvalue weighted by Gasteiger charge is -2.06. The van der Waals surface area contributed by atoms with Crippen LogP contribution < -0.4 is 5.73 Å². The van der Waals surface area contributed by atoms with Crippen molar-refractivity contribution in [1.82, 2.24) is 4.57 Å². The van der Waals surface area contributed by atoms with E-state index in [1.807, 2.05) is 30.5 Å². The fraction of sp³-hybridized carbons (Fsp3) is 0.0667. The largest absolute Gasteiger partial charge is 0.396 e. The van der Waals surface area contributed by atoms with Crippen LogP contribution in [0, 0.1) is 5.82 Å². The van der Waals surface area contributed by atoms with E-state index in [-0.39, 0.29) is 11.5 Å². The number of nitrogens with zero attached hydrogens (tertiary/aromatic N) is 1. The maximum atomic E-state index is 13.5. The fourth-order valence-electron chi connectivity index (χ4n) is 2.20. The van der Waals surface area contributed by atoms with E-state index in [2.05, 4.69) is 26.6 Å². The van der Waals surface area contributed by atoms with Crippen molar-refractivity contribution in [1.29, 1.82) is 0 Å². The minimum absolute atomic E-state index is 0.183. The van der Waals surface area contributed by atoms with Crippen LogP contribution in [-0.4, -0.2) is 4.57 Å². The molecule has 0 spiro atoms. The first kappa shape index (κ1) is 12.2. The number of para-hydroxylation sites is 1. The van der Waals surface area contributed by atoms with E-state index in [0.717, 1.165) is 20.9 Å². The Hall–Kier alpha value is -1.81. The van der Waals surface area contributed by atoms with E-state index in [1.54, 1.807) is 6.07 Å². The molecule has 1 heterocycles. The van der Waals surface area contributed by atoms with Gasteiger partial charge in [-0.2, -0.15) is 0 Å². The molecule has 0 bridgehead atoms. The lowest BCUT2D eigenvalue weighted by atomic mass is 10.2. The van der Waals surface area contributed by atoms with Crippen LogP contribution in [-0.2, 0) is 6.54 Å². The molecule has 0 aliphatic rings. The minimum atomic E-state index is -0.368. The molecule has 0 atom stereocenters. The van der Waals surface area contributed by atoms with Crippen LogP contribution in [0.2, 0.25) is 0 Å². The van der Waals surface area contributed by atoms with Gasteiger partial charge in [0.15, 0.2) is 0 Å². The zero-order valence-electron chi connectivity index (χ0n) is 10.1. The number of fused-ring (bicyclic) bond motifs is 1. The molecule has 0 saturated heterocycles. The van der Waals surface area contributed by atoms with Gasteiger partial charge in [0.2, 0.25) is 0 Å². The molecule has 2 nitrogen and oxygen atoms in total. The average molecular weight is 319 g/mol. The van der Waals surface area contributed by atoms with Crippen LogP contribution >= 0.6 is 15.9 Å². The highest BCUT2D eigenvalue weighted by molar-refractivity contribution is 9.10. The van der Waals surface area contributed by atoms with Gasteiger partial charge < -0.3 is 10.3 Å². The zero-order valence-corrected chi connectivity index (χ0v) is 11.7. The van der Waals surface area contributed by atoms with E-state index >= 15 is 0 Å². The van der Waals surface area contributed by atoms with Crippen molar-refractivity contribution in [3.63, 3.8) is 0 Å². The van der Waals surface area contributed by atoms with Gasteiger partial charge >= 0.3 is 0 Å². The molecule has 3 aromatic rings. The Balaban J connectivity index is 2.03. The highest BCUT2D eigenvalue weighted by atomic mass is 79.9. The predicted octanol–water partition coefficient (Wildman–Crippen LogP) is 4.17. The number of rotatable bonds is 2. The summed E-state index contributed by atoms with van der Waals surface area (Å²) in [6.07, 6.45) is 2.01. The lowest BCUT2D eigenvalue weighted by molar-refractivity contribution is 0.628. The lowest BCUT2D eigenvalue weighted by Crippen LogP contribution is -1.99. The van der Waals surface area contributed by atoms with Crippen molar-refractivity contribution >= 4 is 32.5 Å². The average Bonchev–Trinajstić information content (AvgIpc) is 2.72. The van der Waals surface area contributed by atoms with Gasteiger partial charge in [-0.25, -0.2) is 4.39 Å². The molecule has 0 aliphatic heterocycles.